The number of sulfone groups is 1. The van der Waals surface area contributed by atoms with Crippen molar-refractivity contribution in [3.63, 3.8) is 0 Å². The van der Waals surface area contributed by atoms with E-state index in [0.29, 0.717) is 17.4 Å². The Bertz CT molecular complexity index is 1530. The molecule has 0 radical (unpaired) electrons. The lowest BCUT2D eigenvalue weighted by Crippen LogP contribution is -2.43. The molecule has 198 valence electrons. The van der Waals surface area contributed by atoms with Crippen molar-refractivity contribution in [2.75, 3.05) is 4.90 Å². The molecule has 1 heterocycles. The molecular weight excluding hydrogens is 496 g/mol. The summed E-state index contributed by atoms with van der Waals surface area (Å²) < 4.78 is 27.6. The van der Waals surface area contributed by atoms with Crippen LogP contribution in [0.25, 0.3) is 0 Å². The van der Waals surface area contributed by atoms with Crippen LogP contribution in [0.4, 0.5) is 5.69 Å². The van der Waals surface area contributed by atoms with Crippen LogP contribution in [0.5, 0.6) is 0 Å². The highest BCUT2D eigenvalue weighted by atomic mass is 32.2. The van der Waals surface area contributed by atoms with Gasteiger partial charge in [-0.2, -0.15) is 0 Å². The van der Waals surface area contributed by atoms with E-state index in [9.17, 15) is 18.0 Å². The number of hydrogen-bond donors (Lipinski definition) is 1. The van der Waals surface area contributed by atoms with Crippen LogP contribution in [-0.4, -0.2) is 26.3 Å². The van der Waals surface area contributed by atoms with E-state index in [1.807, 2.05) is 32.0 Å². The SMILES string of the molecule is Cc1ccc(C)c(CN2C(=O)c3ccccc3S(=O)(=O)c3ccc(C(=O)N[C@@H]4CCC[C@@H](C)[C@H]4C)cc32)c1. The highest BCUT2D eigenvalue weighted by molar-refractivity contribution is 7.91. The Morgan fingerprint density at radius 3 is 2.53 bits per heavy atom. The molecule has 3 aromatic carbocycles. The van der Waals surface area contributed by atoms with Gasteiger partial charge in [-0.05, 0) is 73.6 Å². The molecule has 1 saturated carbocycles. The van der Waals surface area contributed by atoms with E-state index < -0.39 is 15.7 Å². The summed E-state index contributed by atoms with van der Waals surface area (Å²) in [5.41, 5.74) is 3.66. The summed E-state index contributed by atoms with van der Waals surface area (Å²) in [5.74, 6) is 0.217. The van der Waals surface area contributed by atoms with Crippen molar-refractivity contribution in [2.45, 2.75) is 69.3 Å². The maximum atomic E-state index is 13.9. The molecule has 0 bridgehead atoms. The molecule has 2 amide bonds. The molecule has 3 aromatic rings. The van der Waals surface area contributed by atoms with Gasteiger partial charge in [-0.3, -0.25) is 9.59 Å². The summed E-state index contributed by atoms with van der Waals surface area (Å²) >= 11 is 0. The van der Waals surface area contributed by atoms with E-state index in [1.165, 1.54) is 17.0 Å². The van der Waals surface area contributed by atoms with Gasteiger partial charge in [0.2, 0.25) is 9.84 Å². The van der Waals surface area contributed by atoms with Crippen molar-refractivity contribution in [3.8, 4) is 0 Å². The molecule has 38 heavy (non-hydrogen) atoms. The fraction of sp³-hybridized carbons (Fsp3) is 0.355. The molecular formula is C31H34N2O4S. The second kappa shape index (κ2) is 10.0. The number of amides is 2. The number of nitrogens with zero attached hydrogens (tertiary/aromatic N) is 1. The van der Waals surface area contributed by atoms with Gasteiger partial charge in [0.05, 0.1) is 27.6 Å². The molecule has 2 aliphatic rings. The summed E-state index contributed by atoms with van der Waals surface area (Å²) in [6.07, 6.45) is 3.14. The molecule has 1 aliphatic carbocycles. The monoisotopic (exact) mass is 530 g/mol. The summed E-state index contributed by atoms with van der Waals surface area (Å²) in [6.45, 7) is 8.52. The van der Waals surface area contributed by atoms with Gasteiger partial charge in [0.15, 0.2) is 0 Å². The van der Waals surface area contributed by atoms with Gasteiger partial charge in [0, 0.05) is 11.6 Å². The molecule has 0 spiro atoms. The third-order valence-electron chi connectivity index (χ3n) is 8.31. The molecule has 0 saturated heterocycles. The zero-order valence-corrected chi connectivity index (χ0v) is 23.1. The third-order valence-corrected chi connectivity index (χ3v) is 10.2. The van der Waals surface area contributed by atoms with Crippen LogP contribution in [0, 0.1) is 25.7 Å². The van der Waals surface area contributed by atoms with Crippen LogP contribution in [-0.2, 0) is 16.4 Å². The van der Waals surface area contributed by atoms with Crippen LogP contribution in [0.1, 0.15) is 70.5 Å². The third kappa shape index (κ3) is 4.64. The van der Waals surface area contributed by atoms with E-state index in [1.54, 1.807) is 30.3 Å². The lowest BCUT2D eigenvalue weighted by atomic mass is 9.78. The fourth-order valence-electron chi connectivity index (χ4n) is 5.68. The number of rotatable bonds is 4. The van der Waals surface area contributed by atoms with Gasteiger partial charge < -0.3 is 10.2 Å². The molecule has 1 fully saturated rings. The van der Waals surface area contributed by atoms with Crippen LogP contribution in [0.3, 0.4) is 0 Å². The van der Waals surface area contributed by atoms with E-state index >= 15 is 0 Å². The van der Waals surface area contributed by atoms with Crippen LogP contribution in [0.2, 0.25) is 0 Å². The van der Waals surface area contributed by atoms with Crippen molar-refractivity contribution in [2.24, 2.45) is 11.8 Å². The fourth-order valence-corrected chi connectivity index (χ4v) is 7.31. The van der Waals surface area contributed by atoms with E-state index in [4.69, 9.17) is 0 Å². The van der Waals surface area contributed by atoms with Crippen molar-refractivity contribution < 1.29 is 18.0 Å². The second-order valence-corrected chi connectivity index (χ2v) is 12.7. The number of fused-ring (bicyclic) bond motifs is 2. The summed E-state index contributed by atoms with van der Waals surface area (Å²) in [6, 6.07) is 17.0. The van der Waals surface area contributed by atoms with Crippen molar-refractivity contribution in [1.82, 2.24) is 5.32 Å². The number of nitrogens with one attached hydrogen (secondary N) is 1. The predicted molar refractivity (Wildman–Crippen MR) is 148 cm³/mol. The molecule has 0 unspecified atom stereocenters. The van der Waals surface area contributed by atoms with Gasteiger partial charge in [0.25, 0.3) is 11.8 Å². The van der Waals surface area contributed by atoms with Crippen molar-refractivity contribution in [3.05, 3.63) is 88.5 Å². The molecule has 0 aromatic heterocycles. The average Bonchev–Trinajstić information content (AvgIpc) is 2.96. The first-order chi connectivity index (χ1) is 18.1. The minimum absolute atomic E-state index is 0.0167. The van der Waals surface area contributed by atoms with Crippen LogP contribution < -0.4 is 10.2 Å². The van der Waals surface area contributed by atoms with Gasteiger partial charge in [-0.1, -0.05) is 62.6 Å². The van der Waals surface area contributed by atoms with Crippen LogP contribution >= 0.6 is 0 Å². The smallest absolute Gasteiger partial charge is 0.259 e. The van der Waals surface area contributed by atoms with Gasteiger partial charge in [0.1, 0.15) is 0 Å². The first-order valence-electron chi connectivity index (χ1n) is 13.2. The second-order valence-electron chi connectivity index (χ2n) is 10.9. The number of carbonyl (C=O) groups excluding carboxylic acids is 2. The number of carbonyl (C=O) groups is 2. The summed E-state index contributed by atoms with van der Waals surface area (Å²) in [4.78, 5) is 28.8. The first kappa shape index (κ1) is 26.2. The Kier molecular flexibility index (Phi) is 6.90. The number of benzene rings is 3. The Hall–Kier alpha value is -3.45. The topological polar surface area (TPSA) is 83.6 Å². The Morgan fingerprint density at radius 1 is 0.974 bits per heavy atom. The quantitative estimate of drug-likeness (QED) is 0.459. The lowest BCUT2D eigenvalue weighted by Gasteiger charge is -2.34. The van der Waals surface area contributed by atoms with Gasteiger partial charge >= 0.3 is 0 Å². The van der Waals surface area contributed by atoms with E-state index in [2.05, 4.69) is 19.2 Å². The summed E-state index contributed by atoms with van der Waals surface area (Å²) in [7, 11) is -3.99. The highest BCUT2D eigenvalue weighted by Gasteiger charge is 2.36. The number of hydrogen-bond acceptors (Lipinski definition) is 4. The van der Waals surface area contributed by atoms with Gasteiger partial charge in [-0.15, -0.1) is 0 Å². The Labute approximate surface area is 225 Å². The maximum Gasteiger partial charge on any atom is 0.259 e. The zero-order valence-electron chi connectivity index (χ0n) is 22.3. The zero-order chi connectivity index (χ0) is 27.2. The number of aryl methyl sites for hydroxylation is 2. The summed E-state index contributed by atoms with van der Waals surface area (Å²) in [5, 5.41) is 3.18. The Balaban J connectivity index is 1.61. The normalized spacial score (nSPS) is 22.3. The molecule has 6 nitrogen and oxygen atoms in total. The molecule has 5 rings (SSSR count). The molecule has 1 aliphatic heterocycles. The molecule has 7 heteroatoms. The molecule has 1 N–H and O–H groups in total. The molecule has 3 atom stereocenters. The van der Waals surface area contributed by atoms with E-state index in [-0.39, 0.29) is 39.5 Å². The predicted octanol–water partition coefficient (Wildman–Crippen LogP) is 5.85. The Morgan fingerprint density at radius 2 is 1.74 bits per heavy atom. The number of anilines is 1. The standard InChI is InChI=1S/C31H34N2O4S/c1-19-12-13-21(3)24(16-19)18-33-27-17-23(30(34)32-26-10-7-8-20(2)22(26)4)14-15-29(27)38(36,37)28-11-6-5-9-25(28)31(33)35/h5-6,9,11-17,20,22,26H,7-8,10,18H2,1-4H3,(H,32,34)/t20-,22-,26-/m1/s1. The average molecular weight is 531 g/mol. The maximum absolute atomic E-state index is 13.9. The first-order valence-corrected chi connectivity index (χ1v) is 14.7. The van der Waals surface area contributed by atoms with Gasteiger partial charge in [-0.25, -0.2) is 8.42 Å². The van der Waals surface area contributed by atoms with E-state index in [0.717, 1.165) is 36.0 Å². The van der Waals surface area contributed by atoms with Crippen molar-refractivity contribution in [1.29, 1.82) is 0 Å². The van der Waals surface area contributed by atoms with Crippen molar-refractivity contribution >= 4 is 27.3 Å². The minimum atomic E-state index is -3.99. The lowest BCUT2D eigenvalue weighted by molar-refractivity contribution is 0.0889. The largest absolute Gasteiger partial charge is 0.349 e. The highest BCUT2D eigenvalue weighted by Crippen LogP contribution is 2.38. The minimum Gasteiger partial charge on any atom is -0.349 e. The van der Waals surface area contributed by atoms with Crippen LogP contribution in [0.15, 0.2) is 70.5 Å².